The van der Waals surface area contributed by atoms with Gasteiger partial charge in [-0.25, -0.2) is 4.79 Å². The quantitative estimate of drug-likeness (QED) is 0.855. The van der Waals surface area contributed by atoms with Gasteiger partial charge in [-0.1, -0.05) is 24.4 Å². The molecule has 1 atom stereocenters. The number of nitrogens with one attached hydrogen (secondary N) is 1. The molecule has 104 valence electrons. The second-order valence-electron chi connectivity index (χ2n) is 4.21. The predicted octanol–water partition coefficient (Wildman–Crippen LogP) is 3.86. The molecule has 0 spiro atoms. The van der Waals surface area contributed by atoms with Crippen LogP contribution in [0.4, 0.5) is 10.5 Å². The summed E-state index contributed by atoms with van der Waals surface area (Å²) in [5.74, 6) is 7.57. The van der Waals surface area contributed by atoms with Gasteiger partial charge in [0.25, 0.3) is 0 Å². The number of anilines is 1. The number of halogens is 1. The first-order valence-electron chi connectivity index (χ1n) is 6.22. The molecular weight excluding hydrogens is 274 g/mol. The van der Waals surface area contributed by atoms with Crippen LogP contribution in [0.2, 0.25) is 5.02 Å². The van der Waals surface area contributed by atoms with Crippen LogP contribution in [0.1, 0.15) is 18.9 Å². The van der Waals surface area contributed by atoms with Crippen molar-refractivity contribution in [2.45, 2.75) is 20.3 Å². The molecule has 4 heteroatoms. The third-order valence-electron chi connectivity index (χ3n) is 2.66. The lowest BCUT2D eigenvalue weighted by Crippen LogP contribution is -2.18. The lowest BCUT2D eigenvalue weighted by Gasteiger charge is -2.10. The molecule has 20 heavy (non-hydrogen) atoms. The van der Waals surface area contributed by atoms with E-state index in [-0.39, 0.29) is 12.5 Å². The third-order valence-corrected chi connectivity index (χ3v) is 3.09. The van der Waals surface area contributed by atoms with Gasteiger partial charge in [-0.2, -0.15) is 0 Å². The molecule has 0 aliphatic rings. The van der Waals surface area contributed by atoms with E-state index in [1.165, 1.54) is 0 Å². The molecule has 0 aliphatic heterocycles. The van der Waals surface area contributed by atoms with E-state index in [1.54, 1.807) is 18.2 Å². The molecule has 0 saturated heterocycles. The average Bonchev–Trinajstić information content (AvgIpc) is 2.43. The van der Waals surface area contributed by atoms with Gasteiger partial charge >= 0.3 is 6.09 Å². The van der Waals surface area contributed by atoms with Gasteiger partial charge in [-0.15, -0.1) is 6.42 Å². The van der Waals surface area contributed by atoms with Crippen LogP contribution in [0.25, 0.3) is 0 Å². The smallest absolute Gasteiger partial charge is 0.411 e. The van der Waals surface area contributed by atoms with Gasteiger partial charge in [-0.05, 0) is 48.9 Å². The average molecular weight is 290 g/mol. The first-order chi connectivity index (χ1) is 9.56. The van der Waals surface area contributed by atoms with Crippen molar-refractivity contribution in [3.63, 3.8) is 0 Å². The van der Waals surface area contributed by atoms with Crippen molar-refractivity contribution in [1.29, 1.82) is 0 Å². The summed E-state index contributed by atoms with van der Waals surface area (Å²) in [6, 6.07) is 5.21. The van der Waals surface area contributed by atoms with Crippen LogP contribution < -0.4 is 5.32 Å². The predicted molar refractivity (Wildman–Crippen MR) is 81.5 cm³/mol. The van der Waals surface area contributed by atoms with Gasteiger partial charge in [0.15, 0.2) is 0 Å². The second kappa shape index (κ2) is 8.15. The summed E-state index contributed by atoms with van der Waals surface area (Å²) in [6.45, 7) is 4.03. The van der Waals surface area contributed by atoms with E-state index in [2.05, 4.69) is 23.1 Å². The van der Waals surface area contributed by atoms with Crippen molar-refractivity contribution in [3.05, 3.63) is 28.8 Å². The summed E-state index contributed by atoms with van der Waals surface area (Å²) in [6.07, 6.45) is 5.31. The standard InChI is InChI=1S/C16H16ClNO2/c1-4-6-7-13(5-2)11-20-16(19)18-14-8-9-15(17)12(3)10-14/h1,8-10,13H,5,11H2,2-3H3,(H,18,19). The number of benzene rings is 1. The summed E-state index contributed by atoms with van der Waals surface area (Å²) in [5, 5.41) is 3.29. The molecule has 3 nitrogen and oxygen atoms in total. The number of ether oxygens (including phenoxy) is 1. The zero-order chi connectivity index (χ0) is 15.0. The van der Waals surface area contributed by atoms with Gasteiger partial charge in [0, 0.05) is 10.7 Å². The number of hydrogen-bond donors (Lipinski definition) is 1. The Labute approximate surface area is 124 Å². The minimum Gasteiger partial charge on any atom is -0.448 e. The van der Waals surface area contributed by atoms with E-state index in [4.69, 9.17) is 22.8 Å². The van der Waals surface area contributed by atoms with E-state index < -0.39 is 6.09 Å². The van der Waals surface area contributed by atoms with Crippen molar-refractivity contribution in [2.75, 3.05) is 11.9 Å². The van der Waals surface area contributed by atoms with E-state index in [9.17, 15) is 4.79 Å². The zero-order valence-corrected chi connectivity index (χ0v) is 12.3. The molecule has 0 radical (unpaired) electrons. The van der Waals surface area contributed by atoms with Crippen LogP contribution in [-0.4, -0.2) is 12.7 Å². The molecule has 0 aliphatic carbocycles. The van der Waals surface area contributed by atoms with E-state index >= 15 is 0 Å². The Kier molecular flexibility index (Phi) is 6.50. The summed E-state index contributed by atoms with van der Waals surface area (Å²) in [4.78, 5) is 11.6. The highest BCUT2D eigenvalue weighted by Gasteiger charge is 2.08. The van der Waals surface area contributed by atoms with Crippen molar-refractivity contribution >= 4 is 23.4 Å². The highest BCUT2D eigenvalue weighted by atomic mass is 35.5. The maximum absolute atomic E-state index is 11.6. The van der Waals surface area contributed by atoms with Crippen LogP contribution >= 0.6 is 11.6 Å². The minimum absolute atomic E-state index is 0.0521. The molecule has 1 aromatic carbocycles. The topological polar surface area (TPSA) is 38.3 Å². The van der Waals surface area contributed by atoms with Crippen molar-refractivity contribution in [3.8, 4) is 24.2 Å². The number of aryl methyl sites for hydroxylation is 1. The lowest BCUT2D eigenvalue weighted by atomic mass is 10.1. The normalized spacial score (nSPS) is 10.7. The molecule has 1 N–H and O–H groups in total. The molecular formula is C16H16ClNO2. The fraction of sp³-hybridized carbons (Fsp3) is 0.312. The Balaban J connectivity index is 2.51. The number of terminal acetylenes is 1. The fourth-order valence-electron chi connectivity index (χ4n) is 1.46. The summed E-state index contributed by atoms with van der Waals surface area (Å²) in [5.41, 5.74) is 1.52. The molecule has 0 aromatic heterocycles. The molecule has 0 heterocycles. The number of hydrogen-bond acceptors (Lipinski definition) is 2. The van der Waals surface area contributed by atoms with E-state index in [0.29, 0.717) is 10.7 Å². The molecule has 0 fully saturated rings. The van der Waals surface area contributed by atoms with Crippen molar-refractivity contribution in [2.24, 2.45) is 5.92 Å². The maximum atomic E-state index is 11.6. The highest BCUT2D eigenvalue weighted by molar-refractivity contribution is 6.31. The van der Waals surface area contributed by atoms with E-state index in [0.717, 1.165) is 12.0 Å². The lowest BCUT2D eigenvalue weighted by molar-refractivity contribution is 0.150. The third kappa shape index (κ3) is 5.26. The van der Waals surface area contributed by atoms with Crippen molar-refractivity contribution in [1.82, 2.24) is 0 Å². The second-order valence-corrected chi connectivity index (χ2v) is 4.61. The molecule has 1 amide bonds. The molecule has 0 saturated carbocycles. The van der Waals surface area contributed by atoms with Gasteiger partial charge < -0.3 is 4.74 Å². The highest BCUT2D eigenvalue weighted by Crippen LogP contribution is 2.19. The SMILES string of the molecule is C#CC#CC(CC)COC(=O)Nc1ccc(Cl)c(C)c1. The van der Waals surface area contributed by atoms with Crippen LogP contribution in [-0.2, 0) is 4.74 Å². The summed E-state index contributed by atoms with van der Waals surface area (Å²) < 4.78 is 5.11. The van der Waals surface area contributed by atoms with Crippen LogP contribution in [0.3, 0.4) is 0 Å². The van der Waals surface area contributed by atoms with Crippen LogP contribution in [0.5, 0.6) is 0 Å². The van der Waals surface area contributed by atoms with Gasteiger partial charge in [0.2, 0.25) is 0 Å². The van der Waals surface area contributed by atoms with Gasteiger partial charge in [0.1, 0.15) is 6.61 Å². The van der Waals surface area contributed by atoms with Crippen molar-refractivity contribution < 1.29 is 9.53 Å². The van der Waals surface area contributed by atoms with Gasteiger partial charge in [-0.3, -0.25) is 5.32 Å². The Morgan fingerprint density at radius 1 is 1.55 bits per heavy atom. The Morgan fingerprint density at radius 2 is 2.30 bits per heavy atom. The number of rotatable bonds is 4. The fourth-order valence-corrected chi connectivity index (χ4v) is 1.58. The van der Waals surface area contributed by atoms with E-state index in [1.807, 2.05) is 13.8 Å². The molecule has 0 bridgehead atoms. The zero-order valence-electron chi connectivity index (χ0n) is 11.5. The first kappa shape index (κ1) is 16.0. The maximum Gasteiger partial charge on any atom is 0.411 e. The number of carbonyl (C=O) groups is 1. The summed E-state index contributed by atoms with van der Waals surface area (Å²) in [7, 11) is 0. The summed E-state index contributed by atoms with van der Waals surface area (Å²) >= 11 is 5.91. The largest absolute Gasteiger partial charge is 0.448 e. The molecule has 1 unspecified atom stereocenters. The Morgan fingerprint density at radius 3 is 2.90 bits per heavy atom. The Hall–Kier alpha value is -2.10. The monoisotopic (exact) mass is 289 g/mol. The van der Waals surface area contributed by atoms with Crippen LogP contribution in [0, 0.1) is 37.0 Å². The minimum atomic E-state index is -0.521. The first-order valence-corrected chi connectivity index (χ1v) is 6.60. The number of amides is 1. The molecule has 1 aromatic rings. The molecule has 1 rings (SSSR count). The number of carbonyl (C=O) groups excluding carboxylic acids is 1. The van der Waals surface area contributed by atoms with Gasteiger partial charge in [0.05, 0.1) is 5.92 Å². The van der Waals surface area contributed by atoms with Crippen LogP contribution in [0.15, 0.2) is 18.2 Å². The Bertz CT molecular complexity index is 578.